The molecule has 112 valence electrons. The van der Waals surface area contributed by atoms with Crippen molar-refractivity contribution in [3.8, 4) is 0 Å². The Bertz CT molecular complexity index is 562. The lowest BCUT2D eigenvalue weighted by Crippen LogP contribution is -2.50. The van der Waals surface area contributed by atoms with Crippen LogP contribution in [0.25, 0.3) is 0 Å². The molecule has 0 aromatic carbocycles. The van der Waals surface area contributed by atoms with Crippen molar-refractivity contribution in [3.63, 3.8) is 0 Å². The summed E-state index contributed by atoms with van der Waals surface area (Å²) in [6, 6.07) is 4.08. The molecule has 0 radical (unpaired) electrons. The van der Waals surface area contributed by atoms with Gasteiger partial charge in [0.25, 0.3) is 0 Å². The van der Waals surface area contributed by atoms with Crippen LogP contribution in [0.4, 0.5) is 10.6 Å². The largest absolute Gasteiger partial charge is 0.363 e. The van der Waals surface area contributed by atoms with Crippen LogP contribution in [0.5, 0.6) is 0 Å². The summed E-state index contributed by atoms with van der Waals surface area (Å²) in [7, 11) is 0. The summed E-state index contributed by atoms with van der Waals surface area (Å²) in [5.41, 5.74) is 1.35. The SMILES string of the molecule is CC(c1ccsc1)N1CCN(C(=O)Nc2ccon2)CC1. The van der Waals surface area contributed by atoms with Crippen LogP contribution in [-0.4, -0.2) is 47.2 Å². The van der Waals surface area contributed by atoms with Crippen LogP contribution < -0.4 is 5.32 Å². The zero-order valence-corrected chi connectivity index (χ0v) is 12.7. The second kappa shape index (κ2) is 6.28. The minimum absolute atomic E-state index is 0.119. The minimum Gasteiger partial charge on any atom is -0.363 e. The van der Waals surface area contributed by atoms with Crippen LogP contribution in [0.2, 0.25) is 0 Å². The van der Waals surface area contributed by atoms with Gasteiger partial charge in [-0.2, -0.15) is 11.3 Å². The highest BCUT2D eigenvalue weighted by atomic mass is 32.1. The molecule has 1 aliphatic heterocycles. The molecule has 3 rings (SSSR count). The van der Waals surface area contributed by atoms with Crippen LogP contribution in [0.15, 0.2) is 33.7 Å². The average molecular weight is 306 g/mol. The van der Waals surface area contributed by atoms with E-state index in [1.165, 1.54) is 11.8 Å². The molecule has 1 unspecified atom stereocenters. The Morgan fingerprint density at radius 2 is 2.19 bits per heavy atom. The van der Waals surface area contributed by atoms with Gasteiger partial charge in [-0.05, 0) is 29.3 Å². The maximum Gasteiger partial charge on any atom is 0.323 e. The molecule has 2 amide bonds. The van der Waals surface area contributed by atoms with E-state index in [1.54, 1.807) is 17.4 Å². The molecule has 1 atom stereocenters. The third-order valence-electron chi connectivity index (χ3n) is 3.85. The van der Waals surface area contributed by atoms with Crippen LogP contribution in [-0.2, 0) is 0 Å². The molecule has 1 N–H and O–H groups in total. The number of anilines is 1. The number of nitrogens with zero attached hydrogens (tertiary/aromatic N) is 3. The highest BCUT2D eigenvalue weighted by molar-refractivity contribution is 7.07. The van der Waals surface area contributed by atoms with Crippen LogP contribution in [0, 0.1) is 0 Å². The van der Waals surface area contributed by atoms with E-state index in [-0.39, 0.29) is 6.03 Å². The molecular formula is C14H18N4O2S. The van der Waals surface area contributed by atoms with Crippen molar-refractivity contribution in [2.45, 2.75) is 13.0 Å². The van der Waals surface area contributed by atoms with Gasteiger partial charge in [-0.25, -0.2) is 4.79 Å². The fourth-order valence-electron chi connectivity index (χ4n) is 2.50. The van der Waals surface area contributed by atoms with Gasteiger partial charge in [-0.3, -0.25) is 10.2 Å². The van der Waals surface area contributed by atoms with Crippen molar-refractivity contribution in [1.82, 2.24) is 15.0 Å². The summed E-state index contributed by atoms with van der Waals surface area (Å²) in [6.45, 7) is 5.41. The van der Waals surface area contributed by atoms with E-state index in [0.717, 1.165) is 26.2 Å². The minimum atomic E-state index is -0.119. The van der Waals surface area contributed by atoms with E-state index < -0.39 is 0 Å². The van der Waals surface area contributed by atoms with Gasteiger partial charge >= 0.3 is 6.03 Å². The zero-order chi connectivity index (χ0) is 14.7. The molecule has 1 saturated heterocycles. The molecule has 21 heavy (non-hydrogen) atoms. The average Bonchev–Trinajstić information content (AvgIpc) is 3.20. The van der Waals surface area contributed by atoms with E-state index in [1.807, 2.05) is 4.90 Å². The number of amides is 2. The van der Waals surface area contributed by atoms with Crippen LogP contribution >= 0.6 is 11.3 Å². The van der Waals surface area contributed by atoms with Crippen LogP contribution in [0.1, 0.15) is 18.5 Å². The molecule has 0 bridgehead atoms. The number of hydrogen-bond acceptors (Lipinski definition) is 5. The summed E-state index contributed by atoms with van der Waals surface area (Å²) >= 11 is 1.72. The van der Waals surface area contributed by atoms with Crippen molar-refractivity contribution in [3.05, 3.63) is 34.7 Å². The van der Waals surface area contributed by atoms with E-state index in [0.29, 0.717) is 11.9 Å². The topological polar surface area (TPSA) is 61.6 Å². The Balaban J connectivity index is 1.52. The molecular weight excluding hydrogens is 288 g/mol. The summed E-state index contributed by atoms with van der Waals surface area (Å²) in [6.07, 6.45) is 1.44. The summed E-state index contributed by atoms with van der Waals surface area (Å²) in [5.74, 6) is 0.453. The molecule has 0 spiro atoms. The van der Waals surface area contributed by atoms with Gasteiger partial charge in [0.2, 0.25) is 0 Å². The van der Waals surface area contributed by atoms with E-state index >= 15 is 0 Å². The fraction of sp³-hybridized carbons (Fsp3) is 0.429. The lowest BCUT2D eigenvalue weighted by Gasteiger charge is -2.37. The predicted molar refractivity (Wildman–Crippen MR) is 81.4 cm³/mol. The third kappa shape index (κ3) is 3.25. The number of carbonyl (C=O) groups excluding carboxylic acids is 1. The number of thiophene rings is 1. The predicted octanol–water partition coefficient (Wildman–Crippen LogP) is 2.65. The first-order valence-corrected chi connectivity index (χ1v) is 7.91. The van der Waals surface area contributed by atoms with E-state index in [9.17, 15) is 4.79 Å². The lowest BCUT2D eigenvalue weighted by molar-refractivity contribution is 0.119. The maximum atomic E-state index is 12.1. The Hall–Kier alpha value is -1.86. The van der Waals surface area contributed by atoms with Crippen LogP contribution in [0.3, 0.4) is 0 Å². The molecule has 2 aromatic rings. The first kappa shape index (κ1) is 14.1. The van der Waals surface area contributed by atoms with Crippen molar-refractivity contribution >= 4 is 23.2 Å². The van der Waals surface area contributed by atoms with Gasteiger partial charge in [0, 0.05) is 38.3 Å². The molecule has 0 aliphatic carbocycles. The highest BCUT2D eigenvalue weighted by Crippen LogP contribution is 2.23. The summed E-state index contributed by atoms with van der Waals surface area (Å²) in [5, 5.41) is 10.7. The van der Waals surface area contributed by atoms with E-state index in [4.69, 9.17) is 4.52 Å². The van der Waals surface area contributed by atoms with Crippen molar-refractivity contribution in [2.75, 3.05) is 31.5 Å². The standard InChI is InChI=1S/C14H18N4O2S/c1-11(12-3-9-21-10-12)17-4-6-18(7-5-17)14(19)15-13-2-8-20-16-13/h2-3,8-11H,4-7H2,1H3,(H,15,16,19). The monoisotopic (exact) mass is 306 g/mol. The van der Waals surface area contributed by atoms with Crippen molar-refractivity contribution in [2.24, 2.45) is 0 Å². The molecule has 6 nitrogen and oxygen atoms in total. The van der Waals surface area contributed by atoms with Gasteiger partial charge in [0.15, 0.2) is 5.82 Å². The Morgan fingerprint density at radius 3 is 2.81 bits per heavy atom. The smallest absolute Gasteiger partial charge is 0.323 e. The molecule has 3 heterocycles. The van der Waals surface area contributed by atoms with E-state index in [2.05, 4.69) is 39.1 Å². The Morgan fingerprint density at radius 1 is 1.38 bits per heavy atom. The molecule has 1 aliphatic rings. The first-order valence-electron chi connectivity index (χ1n) is 6.96. The number of aromatic nitrogens is 1. The molecule has 1 fully saturated rings. The maximum absolute atomic E-state index is 12.1. The zero-order valence-electron chi connectivity index (χ0n) is 11.9. The van der Waals surface area contributed by atoms with Gasteiger partial charge in [-0.1, -0.05) is 5.16 Å². The Kier molecular flexibility index (Phi) is 4.21. The van der Waals surface area contributed by atoms with Gasteiger partial charge in [0.1, 0.15) is 6.26 Å². The number of hydrogen-bond donors (Lipinski definition) is 1. The number of nitrogens with one attached hydrogen (secondary N) is 1. The second-order valence-corrected chi connectivity index (χ2v) is 5.85. The highest BCUT2D eigenvalue weighted by Gasteiger charge is 2.25. The van der Waals surface area contributed by atoms with Gasteiger partial charge < -0.3 is 9.42 Å². The number of piperazine rings is 1. The molecule has 0 saturated carbocycles. The number of urea groups is 1. The number of rotatable bonds is 3. The fourth-order valence-corrected chi connectivity index (χ4v) is 3.25. The summed E-state index contributed by atoms with van der Waals surface area (Å²) in [4.78, 5) is 16.3. The lowest BCUT2D eigenvalue weighted by atomic mass is 10.1. The van der Waals surface area contributed by atoms with Gasteiger partial charge in [-0.15, -0.1) is 0 Å². The quantitative estimate of drug-likeness (QED) is 0.947. The van der Waals surface area contributed by atoms with Crippen molar-refractivity contribution < 1.29 is 9.32 Å². The Labute approximate surface area is 127 Å². The third-order valence-corrected chi connectivity index (χ3v) is 4.55. The molecule has 7 heteroatoms. The second-order valence-electron chi connectivity index (χ2n) is 5.07. The summed E-state index contributed by atoms with van der Waals surface area (Å²) < 4.78 is 4.70. The number of carbonyl (C=O) groups is 1. The normalized spacial score (nSPS) is 17.7. The molecule has 2 aromatic heterocycles. The van der Waals surface area contributed by atoms with Crippen molar-refractivity contribution in [1.29, 1.82) is 0 Å². The van der Waals surface area contributed by atoms with Gasteiger partial charge in [0.05, 0.1) is 0 Å². The first-order chi connectivity index (χ1) is 10.2.